The number of carbonyl (C=O) groups is 1. The minimum atomic E-state index is -1.18. The van der Waals surface area contributed by atoms with Crippen LogP contribution >= 0.6 is 11.6 Å². The second-order valence-corrected chi connectivity index (χ2v) is 9.51. The maximum atomic E-state index is 13.6. The quantitative estimate of drug-likeness (QED) is 0.422. The zero-order chi connectivity index (χ0) is 23.1. The van der Waals surface area contributed by atoms with Gasteiger partial charge in [0.05, 0.1) is 17.7 Å². The Morgan fingerprint density at radius 1 is 1.21 bits per heavy atom. The summed E-state index contributed by atoms with van der Waals surface area (Å²) in [6, 6.07) is 9.48. The van der Waals surface area contributed by atoms with Crippen molar-refractivity contribution in [2.24, 2.45) is 0 Å². The Morgan fingerprint density at radius 3 is 2.73 bits per heavy atom. The first kappa shape index (κ1) is 22.1. The second-order valence-electron chi connectivity index (χ2n) is 9.07. The summed E-state index contributed by atoms with van der Waals surface area (Å²) in [7, 11) is 0. The summed E-state index contributed by atoms with van der Waals surface area (Å²) in [5, 5.41) is 14.3. The fourth-order valence-corrected chi connectivity index (χ4v) is 5.00. The molecule has 1 unspecified atom stereocenters. The number of pyridine rings is 1. The van der Waals surface area contributed by atoms with Gasteiger partial charge in [0, 0.05) is 46.3 Å². The van der Waals surface area contributed by atoms with Crippen LogP contribution in [0, 0.1) is 5.82 Å². The summed E-state index contributed by atoms with van der Waals surface area (Å²) in [4.78, 5) is 16.7. The SMILES string of the molecule is C[C@@H](Nc1ccc(F)cc1C(=O)O)c1cc(Cl)cc2nc(C3CC3)c(C3CCCOC3)cc12. The van der Waals surface area contributed by atoms with Gasteiger partial charge in [-0.05, 0) is 80.1 Å². The molecule has 2 aliphatic rings. The third kappa shape index (κ3) is 4.55. The molecule has 172 valence electrons. The number of hydrogen-bond acceptors (Lipinski definition) is 4. The van der Waals surface area contributed by atoms with Gasteiger partial charge < -0.3 is 15.2 Å². The van der Waals surface area contributed by atoms with Gasteiger partial charge in [0.25, 0.3) is 0 Å². The van der Waals surface area contributed by atoms with Crippen molar-refractivity contribution in [3.8, 4) is 0 Å². The van der Waals surface area contributed by atoms with Crippen LogP contribution in [0.25, 0.3) is 10.9 Å². The summed E-state index contributed by atoms with van der Waals surface area (Å²) in [6.07, 6.45) is 4.45. The van der Waals surface area contributed by atoms with Crippen molar-refractivity contribution in [1.82, 2.24) is 4.98 Å². The Morgan fingerprint density at radius 2 is 2.03 bits per heavy atom. The Hall–Kier alpha value is -2.70. The molecule has 1 aliphatic heterocycles. The van der Waals surface area contributed by atoms with E-state index in [1.165, 1.54) is 23.4 Å². The van der Waals surface area contributed by atoms with Crippen LogP contribution in [0.1, 0.15) is 77.7 Å². The van der Waals surface area contributed by atoms with Crippen molar-refractivity contribution < 1.29 is 19.0 Å². The van der Waals surface area contributed by atoms with E-state index in [2.05, 4.69) is 11.4 Å². The molecule has 3 aromatic rings. The van der Waals surface area contributed by atoms with Gasteiger partial charge in [-0.15, -0.1) is 0 Å². The van der Waals surface area contributed by atoms with Gasteiger partial charge in [0.1, 0.15) is 5.82 Å². The topological polar surface area (TPSA) is 71.5 Å². The number of benzene rings is 2. The zero-order valence-electron chi connectivity index (χ0n) is 18.4. The van der Waals surface area contributed by atoms with E-state index in [4.69, 9.17) is 21.3 Å². The maximum absolute atomic E-state index is 13.6. The molecule has 2 atom stereocenters. The Kier molecular flexibility index (Phi) is 5.97. The number of halogens is 2. The van der Waals surface area contributed by atoms with E-state index in [1.807, 2.05) is 19.1 Å². The monoisotopic (exact) mass is 468 g/mol. The van der Waals surface area contributed by atoms with E-state index in [9.17, 15) is 14.3 Å². The van der Waals surface area contributed by atoms with E-state index in [0.717, 1.165) is 54.8 Å². The van der Waals surface area contributed by atoms with E-state index >= 15 is 0 Å². The van der Waals surface area contributed by atoms with Crippen LogP contribution in [0.3, 0.4) is 0 Å². The first-order valence-electron chi connectivity index (χ1n) is 11.4. The molecule has 0 amide bonds. The van der Waals surface area contributed by atoms with Crippen molar-refractivity contribution in [3.05, 3.63) is 69.6 Å². The molecule has 0 radical (unpaired) electrons. The average Bonchev–Trinajstić information content (AvgIpc) is 3.64. The zero-order valence-corrected chi connectivity index (χ0v) is 19.2. The van der Waals surface area contributed by atoms with Crippen LogP contribution in [-0.4, -0.2) is 29.3 Å². The number of ether oxygens (including phenoxy) is 1. The molecule has 5 rings (SSSR count). The standard InChI is InChI=1S/C26H26ClFN2O3/c1-14(29-23-7-6-18(28)11-22(23)26(31)32)19-9-17(27)10-24-21(19)12-20(16-3-2-8-33-13-16)25(30-24)15-4-5-15/h6-7,9-12,14-16,29H,2-5,8,13H2,1H3,(H,31,32)/t14-,16?/m1/s1. The number of carboxylic acid groups (broad SMARTS) is 1. The number of fused-ring (bicyclic) bond motifs is 1. The lowest BCUT2D eigenvalue weighted by molar-refractivity contribution is 0.0697. The van der Waals surface area contributed by atoms with Crippen LogP contribution in [0.15, 0.2) is 36.4 Å². The van der Waals surface area contributed by atoms with E-state index in [1.54, 1.807) is 0 Å². The minimum Gasteiger partial charge on any atom is -0.478 e. The normalized spacial score (nSPS) is 19.4. The van der Waals surface area contributed by atoms with Gasteiger partial charge in [0.15, 0.2) is 0 Å². The molecule has 2 heterocycles. The Balaban J connectivity index is 1.58. The Bertz CT molecular complexity index is 1220. The summed E-state index contributed by atoms with van der Waals surface area (Å²) < 4.78 is 19.4. The smallest absolute Gasteiger partial charge is 0.337 e. The fraction of sp³-hybridized carbons (Fsp3) is 0.385. The Labute approximate surface area is 196 Å². The van der Waals surface area contributed by atoms with Crippen LogP contribution in [-0.2, 0) is 4.74 Å². The molecule has 5 nitrogen and oxygen atoms in total. The summed E-state index contributed by atoms with van der Waals surface area (Å²) in [5.74, 6) is -0.944. The lowest BCUT2D eigenvalue weighted by Gasteiger charge is -2.26. The molecular formula is C26H26ClFN2O3. The number of nitrogens with one attached hydrogen (secondary N) is 1. The van der Waals surface area contributed by atoms with Crippen molar-refractivity contribution in [3.63, 3.8) is 0 Å². The fourth-order valence-electron chi connectivity index (χ4n) is 4.78. The van der Waals surface area contributed by atoms with Crippen molar-refractivity contribution >= 4 is 34.2 Å². The molecular weight excluding hydrogens is 443 g/mol. The highest BCUT2D eigenvalue weighted by Gasteiger charge is 2.32. The van der Waals surface area contributed by atoms with Gasteiger partial charge in [-0.2, -0.15) is 0 Å². The molecule has 33 heavy (non-hydrogen) atoms. The third-order valence-corrected chi connectivity index (χ3v) is 6.82. The first-order chi connectivity index (χ1) is 15.9. The molecule has 1 saturated heterocycles. The number of anilines is 1. The van der Waals surface area contributed by atoms with E-state index in [0.29, 0.717) is 29.2 Å². The van der Waals surface area contributed by atoms with Crippen LogP contribution < -0.4 is 5.32 Å². The molecule has 7 heteroatoms. The first-order valence-corrected chi connectivity index (χ1v) is 11.8. The molecule has 2 N–H and O–H groups in total. The summed E-state index contributed by atoms with van der Waals surface area (Å²) in [6.45, 7) is 3.46. The molecule has 1 aromatic heterocycles. The minimum absolute atomic E-state index is 0.109. The third-order valence-electron chi connectivity index (χ3n) is 6.61. The number of aromatic carboxylic acids is 1. The van der Waals surface area contributed by atoms with E-state index in [-0.39, 0.29) is 11.6 Å². The summed E-state index contributed by atoms with van der Waals surface area (Å²) in [5.41, 5.74) is 4.43. The van der Waals surface area contributed by atoms with Gasteiger partial charge >= 0.3 is 5.97 Å². The van der Waals surface area contributed by atoms with Crippen molar-refractivity contribution in [1.29, 1.82) is 0 Å². The number of hydrogen-bond donors (Lipinski definition) is 2. The second kappa shape index (κ2) is 8.92. The van der Waals surface area contributed by atoms with Gasteiger partial charge in [0.2, 0.25) is 0 Å². The largest absolute Gasteiger partial charge is 0.478 e. The van der Waals surface area contributed by atoms with Gasteiger partial charge in [-0.3, -0.25) is 4.98 Å². The number of carboxylic acids is 1. The van der Waals surface area contributed by atoms with Gasteiger partial charge in [-0.25, -0.2) is 9.18 Å². The van der Waals surface area contributed by atoms with E-state index < -0.39 is 11.8 Å². The van der Waals surface area contributed by atoms with Crippen molar-refractivity contribution in [2.45, 2.75) is 50.5 Å². The average molecular weight is 469 g/mol. The predicted molar refractivity (Wildman–Crippen MR) is 127 cm³/mol. The molecule has 2 aromatic carbocycles. The number of nitrogens with zero attached hydrogens (tertiary/aromatic N) is 1. The molecule has 1 saturated carbocycles. The summed E-state index contributed by atoms with van der Waals surface area (Å²) >= 11 is 6.48. The van der Waals surface area contributed by atoms with Crippen LogP contribution in [0.2, 0.25) is 5.02 Å². The highest BCUT2D eigenvalue weighted by Crippen LogP contribution is 2.45. The van der Waals surface area contributed by atoms with Crippen LogP contribution in [0.4, 0.5) is 10.1 Å². The molecule has 2 fully saturated rings. The lowest BCUT2D eigenvalue weighted by Crippen LogP contribution is -2.18. The molecule has 1 aliphatic carbocycles. The van der Waals surface area contributed by atoms with Crippen molar-refractivity contribution in [2.75, 3.05) is 18.5 Å². The van der Waals surface area contributed by atoms with Crippen LogP contribution in [0.5, 0.6) is 0 Å². The predicted octanol–water partition coefficient (Wildman–Crippen LogP) is 6.67. The molecule has 0 spiro atoms. The highest BCUT2D eigenvalue weighted by molar-refractivity contribution is 6.31. The maximum Gasteiger partial charge on any atom is 0.337 e. The highest BCUT2D eigenvalue weighted by atomic mass is 35.5. The van der Waals surface area contributed by atoms with Gasteiger partial charge in [-0.1, -0.05) is 11.6 Å². The molecule has 0 bridgehead atoms. The lowest BCUT2D eigenvalue weighted by atomic mass is 9.88. The number of rotatable bonds is 6. The number of aromatic nitrogens is 1.